The Bertz CT molecular complexity index is 2220. The van der Waals surface area contributed by atoms with Crippen molar-refractivity contribution in [3.05, 3.63) is 143 Å². The first kappa shape index (κ1) is 46.3. The third kappa shape index (κ3) is 15.1. The van der Waals surface area contributed by atoms with Gasteiger partial charge in [-0.3, -0.25) is 4.79 Å². The topological polar surface area (TPSA) is 185 Å². The van der Waals surface area contributed by atoms with E-state index in [9.17, 15) is 29.1 Å². The van der Waals surface area contributed by atoms with Gasteiger partial charge >= 0.3 is 24.1 Å². The summed E-state index contributed by atoms with van der Waals surface area (Å²) in [6.45, 7) is 7.09. The summed E-state index contributed by atoms with van der Waals surface area (Å²) in [4.78, 5) is 63.8. The molecule has 14 nitrogen and oxygen atoms in total. The molecule has 320 valence electrons. The standard InChI is InChI=1S/C47H50N2O12/c1-30(2)42(48-46(54)58-28-34-13-9-7-10-14-34)44(52)60-38-23-19-32(25-40(38)56-5)17-21-36(50)27-37(51)22-18-33-20-24-39(41(26-33)57-6)61-45(53)43(31(3)4)49-47(55)59-29-35-15-11-8-12-16-35/h7-27,30-31,42-43,50H,28-29H2,1-6H3,(H,48,54)(H,49,55)/b21-17+,22-18+,36-27-/t42-,43-/m0/s1. The van der Waals surface area contributed by atoms with Gasteiger partial charge < -0.3 is 44.2 Å². The molecule has 14 heteroatoms. The second kappa shape index (κ2) is 23.3. The zero-order chi connectivity index (χ0) is 44.3. The number of ketones is 1. The molecule has 0 aliphatic carbocycles. The highest BCUT2D eigenvalue weighted by Crippen LogP contribution is 2.31. The highest BCUT2D eigenvalue weighted by Gasteiger charge is 2.29. The molecule has 3 N–H and O–H groups in total. The Labute approximate surface area is 354 Å². The second-order valence-electron chi connectivity index (χ2n) is 14.2. The highest BCUT2D eigenvalue weighted by atomic mass is 16.6. The Morgan fingerprint density at radius 1 is 0.574 bits per heavy atom. The molecule has 2 atom stereocenters. The van der Waals surface area contributed by atoms with Crippen molar-refractivity contribution in [2.24, 2.45) is 11.8 Å². The van der Waals surface area contributed by atoms with Crippen LogP contribution in [0.1, 0.15) is 49.9 Å². The van der Waals surface area contributed by atoms with E-state index >= 15 is 0 Å². The minimum absolute atomic E-state index is 0.0358. The van der Waals surface area contributed by atoms with E-state index in [1.807, 2.05) is 60.7 Å². The zero-order valence-electron chi connectivity index (χ0n) is 34.8. The molecule has 0 bridgehead atoms. The van der Waals surface area contributed by atoms with Crippen LogP contribution in [0.3, 0.4) is 0 Å². The zero-order valence-corrected chi connectivity index (χ0v) is 34.8. The molecule has 4 rings (SSSR count). The minimum atomic E-state index is -1.01. The van der Waals surface area contributed by atoms with Gasteiger partial charge in [-0.05, 0) is 70.5 Å². The summed E-state index contributed by atoms with van der Waals surface area (Å²) in [7, 11) is 2.79. The van der Waals surface area contributed by atoms with Gasteiger partial charge in [0.2, 0.25) is 0 Å². The number of hydrogen-bond donors (Lipinski definition) is 3. The molecule has 0 fully saturated rings. The number of carbonyl (C=O) groups is 5. The van der Waals surface area contributed by atoms with E-state index < -0.39 is 42.0 Å². The number of methoxy groups -OCH3 is 2. The number of nitrogens with one attached hydrogen (secondary N) is 2. The van der Waals surface area contributed by atoms with Gasteiger partial charge in [-0.25, -0.2) is 19.2 Å². The van der Waals surface area contributed by atoms with Crippen molar-refractivity contribution in [3.8, 4) is 23.0 Å². The number of benzene rings is 4. The molecular weight excluding hydrogens is 785 g/mol. The quantitative estimate of drug-likeness (QED) is 0.0271. The van der Waals surface area contributed by atoms with E-state index in [0.717, 1.165) is 17.2 Å². The Morgan fingerprint density at radius 3 is 1.38 bits per heavy atom. The predicted molar refractivity (Wildman–Crippen MR) is 228 cm³/mol. The molecule has 0 aliphatic rings. The van der Waals surface area contributed by atoms with Crippen LogP contribution in [0, 0.1) is 11.8 Å². The molecule has 0 heterocycles. The number of rotatable bonds is 19. The average molecular weight is 835 g/mol. The lowest BCUT2D eigenvalue weighted by atomic mass is 10.1. The van der Waals surface area contributed by atoms with Gasteiger partial charge in [-0.2, -0.15) is 0 Å². The SMILES string of the molecule is COc1cc(/C=C/C(=O)/C=C(O)/C=C/c2ccc(OC(=O)[C@@H](NC(=O)OCc3ccccc3)C(C)C)c(OC)c2)ccc1OC(=O)[C@@H](NC(=O)OCc1ccccc1)C(C)C. The third-order valence-electron chi connectivity index (χ3n) is 8.79. The van der Waals surface area contributed by atoms with Gasteiger partial charge in [-0.15, -0.1) is 0 Å². The van der Waals surface area contributed by atoms with Gasteiger partial charge in [0.25, 0.3) is 0 Å². The van der Waals surface area contributed by atoms with Crippen LogP contribution >= 0.6 is 0 Å². The molecule has 4 aromatic rings. The number of alkyl carbamates (subject to hydrolysis) is 2. The molecule has 0 radical (unpaired) electrons. The van der Waals surface area contributed by atoms with Crippen LogP contribution in [0.5, 0.6) is 23.0 Å². The summed E-state index contributed by atoms with van der Waals surface area (Å²) in [5.41, 5.74) is 2.67. The van der Waals surface area contributed by atoms with Gasteiger partial charge in [0.15, 0.2) is 28.8 Å². The van der Waals surface area contributed by atoms with Crippen LogP contribution < -0.4 is 29.6 Å². The lowest BCUT2D eigenvalue weighted by Crippen LogP contribution is -2.46. The van der Waals surface area contributed by atoms with E-state index in [1.165, 1.54) is 50.7 Å². The Morgan fingerprint density at radius 2 is 0.984 bits per heavy atom. The first-order valence-electron chi connectivity index (χ1n) is 19.3. The van der Waals surface area contributed by atoms with Crippen LogP contribution in [-0.2, 0) is 37.1 Å². The number of esters is 2. The molecular formula is C47H50N2O12. The Hall–Kier alpha value is -7.35. The first-order chi connectivity index (χ1) is 29.3. The molecule has 0 saturated heterocycles. The molecule has 0 unspecified atom stereocenters. The summed E-state index contributed by atoms with van der Waals surface area (Å²) in [5.74, 6) is -2.36. The maximum absolute atomic E-state index is 13.1. The second-order valence-corrected chi connectivity index (χ2v) is 14.2. The fraction of sp³-hybridized carbons (Fsp3) is 0.255. The van der Waals surface area contributed by atoms with E-state index in [4.69, 9.17) is 28.4 Å². The molecule has 0 saturated carbocycles. The number of carbonyl (C=O) groups excluding carboxylic acids is 5. The predicted octanol–water partition coefficient (Wildman–Crippen LogP) is 8.15. The Kier molecular flexibility index (Phi) is 17.7. The van der Waals surface area contributed by atoms with E-state index in [2.05, 4.69) is 10.6 Å². The van der Waals surface area contributed by atoms with Gasteiger partial charge in [0.1, 0.15) is 31.1 Å². The lowest BCUT2D eigenvalue weighted by Gasteiger charge is -2.21. The third-order valence-corrected chi connectivity index (χ3v) is 8.79. The smallest absolute Gasteiger partial charge is 0.408 e. The molecule has 4 aromatic carbocycles. The summed E-state index contributed by atoms with van der Waals surface area (Å²) in [6, 6.07) is 25.5. The molecule has 0 aromatic heterocycles. The largest absolute Gasteiger partial charge is 0.508 e. The molecule has 61 heavy (non-hydrogen) atoms. The van der Waals surface area contributed by atoms with Crippen LogP contribution in [-0.4, -0.2) is 61.3 Å². The minimum Gasteiger partial charge on any atom is -0.508 e. The summed E-state index contributed by atoms with van der Waals surface area (Å²) in [6.07, 6.45) is 5.03. The van der Waals surface area contributed by atoms with Gasteiger partial charge in [0, 0.05) is 6.08 Å². The number of aliphatic hydroxyl groups excluding tert-OH is 1. The fourth-order valence-electron chi connectivity index (χ4n) is 5.47. The average Bonchev–Trinajstić information content (AvgIpc) is 3.25. The van der Waals surface area contributed by atoms with Crippen LogP contribution in [0.2, 0.25) is 0 Å². The highest BCUT2D eigenvalue weighted by molar-refractivity contribution is 6.02. The van der Waals surface area contributed by atoms with Gasteiger partial charge in [0.05, 0.1) is 14.2 Å². The Balaban J connectivity index is 1.32. The molecule has 2 amide bonds. The lowest BCUT2D eigenvalue weighted by molar-refractivity contribution is -0.138. The van der Waals surface area contributed by atoms with Crippen molar-refractivity contribution in [1.82, 2.24) is 10.6 Å². The van der Waals surface area contributed by atoms with E-state index in [-0.39, 0.29) is 53.8 Å². The van der Waals surface area contributed by atoms with Crippen molar-refractivity contribution < 1.29 is 57.5 Å². The van der Waals surface area contributed by atoms with Crippen molar-refractivity contribution in [1.29, 1.82) is 0 Å². The number of allylic oxidation sites excluding steroid dienone is 3. The normalized spacial score (nSPS) is 12.4. The molecule has 0 aliphatic heterocycles. The first-order valence-corrected chi connectivity index (χ1v) is 19.3. The van der Waals surface area contributed by atoms with Crippen LogP contribution in [0.15, 0.2) is 121 Å². The monoisotopic (exact) mass is 834 g/mol. The van der Waals surface area contributed by atoms with E-state index in [1.54, 1.807) is 52.0 Å². The summed E-state index contributed by atoms with van der Waals surface area (Å²) >= 11 is 0. The van der Waals surface area contributed by atoms with Crippen molar-refractivity contribution in [3.63, 3.8) is 0 Å². The van der Waals surface area contributed by atoms with Crippen LogP contribution in [0.4, 0.5) is 9.59 Å². The number of hydrogen-bond acceptors (Lipinski definition) is 12. The maximum atomic E-state index is 13.1. The number of amides is 2. The number of ether oxygens (including phenoxy) is 6. The maximum Gasteiger partial charge on any atom is 0.408 e. The van der Waals surface area contributed by atoms with Crippen molar-refractivity contribution in [2.75, 3.05) is 14.2 Å². The summed E-state index contributed by atoms with van der Waals surface area (Å²) in [5, 5.41) is 15.6. The fourth-order valence-corrected chi connectivity index (χ4v) is 5.47. The molecule has 0 spiro atoms. The number of aliphatic hydroxyl groups is 1. The van der Waals surface area contributed by atoms with Crippen molar-refractivity contribution in [2.45, 2.75) is 53.0 Å². The van der Waals surface area contributed by atoms with E-state index in [0.29, 0.717) is 11.1 Å². The van der Waals surface area contributed by atoms with Gasteiger partial charge in [-0.1, -0.05) is 113 Å². The van der Waals surface area contributed by atoms with Crippen LogP contribution in [0.25, 0.3) is 12.2 Å². The summed E-state index contributed by atoms with van der Waals surface area (Å²) < 4.78 is 32.5. The van der Waals surface area contributed by atoms with Crippen molar-refractivity contribution >= 4 is 42.1 Å².